The van der Waals surface area contributed by atoms with Gasteiger partial charge in [-0.2, -0.15) is 0 Å². The van der Waals surface area contributed by atoms with E-state index in [1.165, 1.54) is 25.2 Å². The first-order valence-electron chi connectivity index (χ1n) is 12.1. The van der Waals surface area contributed by atoms with Crippen molar-refractivity contribution in [3.63, 3.8) is 0 Å². The molecule has 2 heterocycles. The number of carbonyl (C=O) groups is 1. The number of nitrogens with one attached hydrogen (secondary N) is 2. The second kappa shape index (κ2) is 16.2. The highest BCUT2D eigenvalue weighted by Crippen LogP contribution is 2.24. The number of rotatable bonds is 8. The number of ether oxygens (including phenoxy) is 1. The fraction of sp³-hybridized carbons (Fsp3) is 0.393. The molecule has 4 rings (SSSR count). The van der Waals surface area contributed by atoms with Crippen molar-refractivity contribution in [2.24, 2.45) is 0 Å². The molecule has 1 aliphatic heterocycles. The molecule has 6 N–H and O–H groups in total. The SMILES string of the molecule is CNCc1cc(C(=O)NCc2cc(CN3CCCC3)ccc2F)co1.COc1cc(C)c(S)c(C)c1.O.O.[HH]. The summed E-state index contributed by atoms with van der Waals surface area (Å²) in [6, 6.07) is 10.8. The molecule has 212 valence electrons. The molecule has 0 bridgehead atoms. The second-order valence-corrected chi connectivity index (χ2v) is 9.48. The predicted octanol–water partition coefficient (Wildman–Crippen LogP) is 3.86. The Bertz CT molecular complexity index is 1150. The molecule has 1 amide bonds. The highest BCUT2D eigenvalue weighted by molar-refractivity contribution is 7.80. The van der Waals surface area contributed by atoms with Crippen LogP contribution in [0.1, 0.15) is 52.6 Å². The van der Waals surface area contributed by atoms with E-state index >= 15 is 0 Å². The third kappa shape index (κ3) is 9.45. The summed E-state index contributed by atoms with van der Waals surface area (Å²) in [5.74, 6) is 1.02. The number of furan rings is 1. The number of carbonyl (C=O) groups excluding carboxylic acids is 1. The summed E-state index contributed by atoms with van der Waals surface area (Å²) in [5.41, 5.74) is 4.34. The van der Waals surface area contributed by atoms with Gasteiger partial charge in [-0.25, -0.2) is 4.39 Å². The molecule has 3 aromatic rings. The molecule has 2 aromatic carbocycles. The van der Waals surface area contributed by atoms with Gasteiger partial charge >= 0.3 is 0 Å². The van der Waals surface area contributed by atoms with E-state index in [9.17, 15) is 9.18 Å². The fourth-order valence-corrected chi connectivity index (χ4v) is 4.27. The van der Waals surface area contributed by atoms with Crippen molar-refractivity contribution < 1.29 is 30.7 Å². The van der Waals surface area contributed by atoms with E-state index in [0.29, 0.717) is 23.4 Å². The first-order valence-corrected chi connectivity index (χ1v) is 12.6. The predicted molar refractivity (Wildman–Crippen MR) is 153 cm³/mol. The number of benzene rings is 2. The van der Waals surface area contributed by atoms with Gasteiger partial charge in [0.25, 0.3) is 5.91 Å². The molecule has 10 heteroatoms. The zero-order valence-corrected chi connectivity index (χ0v) is 23.4. The minimum absolute atomic E-state index is 0. The van der Waals surface area contributed by atoms with Crippen LogP contribution in [0.15, 0.2) is 52.0 Å². The maximum atomic E-state index is 14.0. The maximum absolute atomic E-state index is 14.0. The lowest BCUT2D eigenvalue weighted by Crippen LogP contribution is -2.23. The number of aryl methyl sites for hydroxylation is 2. The lowest BCUT2D eigenvalue weighted by molar-refractivity contribution is 0.0950. The molecule has 0 atom stereocenters. The van der Waals surface area contributed by atoms with Gasteiger partial charge in [-0.1, -0.05) is 6.07 Å². The highest BCUT2D eigenvalue weighted by atomic mass is 32.1. The van der Waals surface area contributed by atoms with Gasteiger partial charge in [0, 0.05) is 25.0 Å². The monoisotopic (exact) mass is 551 g/mol. The van der Waals surface area contributed by atoms with E-state index in [4.69, 9.17) is 9.15 Å². The van der Waals surface area contributed by atoms with Crippen LogP contribution in [0.2, 0.25) is 0 Å². The Morgan fingerprint density at radius 3 is 2.37 bits per heavy atom. The van der Waals surface area contributed by atoms with Crippen molar-refractivity contribution in [3.8, 4) is 5.75 Å². The average Bonchev–Trinajstić information content (AvgIpc) is 3.55. The zero-order chi connectivity index (χ0) is 26.1. The molecule has 1 aliphatic rings. The van der Waals surface area contributed by atoms with Crippen molar-refractivity contribution in [1.82, 2.24) is 15.5 Å². The summed E-state index contributed by atoms with van der Waals surface area (Å²) in [7, 11) is 3.48. The number of likely N-dealkylation sites (tertiary alicyclic amines) is 1. The zero-order valence-electron chi connectivity index (χ0n) is 22.5. The number of hydrogen-bond acceptors (Lipinski definition) is 6. The number of methoxy groups -OCH3 is 1. The Labute approximate surface area is 231 Å². The molecule has 0 aliphatic carbocycles. The molecule has 38 heavy (non-hydrogen) atoms. The van der Waals surface area contributed by atoms with Gasteiger partial charge in [-0.3, -0.25) is 9.69 Å². The molecule has 0 saturated carbocycles. The standard InChI is InChI=1S/C19H24FN3O2.C9H12OS.2H2O.H2/c1-21-11-17-9-16(13-25-17)19(24)22-10-15-8-14(4-5-18(15)20)12-23-6-2-3-7-23;1-6-4-8(10-3)5-7(2)9(6)11;;;/h4-5,8-9,13,21H,2-3,6-7,10-12H2,1H3,(H,22,24);4-5,11H,1-3H3;2*1H2;1H. The van der Waals surface area contributed by atoms with E-state index in [2.05, 4.69) is 28.2 Å². The van der Waals surface area contributed by atoms with Crippen molar-refractivity contribution in [3.05, 3.63) is 82.1 Å². The molecule has 0 unspecified atom stereocenters. The molecule has 1 saturated heterocycles. The van der Waals surface area contributed by atoms with E-state index in [-0.39, 0.29) is 30.6 Å². The van der Waals surface area contributed by atoms with Gasteiger partial charge in [0.05, 0.1) is 19.2 Å². The normalized spacial score (nSPS) is 12.6. The summed E-state index contributed by atoms with van der Waals surface area (Å²) < 4.78 is 24.4. The Hall–Kier alpha value is -2.89. The van der Waals surface area contributed by atoms with Crippen molar-refractivity contribution in [2.45, 2.75) is 51.2 Å². The highest BCUT2D eigenvalue weighted by Gasteiger charge is 2.14. The summed E-state index contributed by atoms with van der Waals surface area (Å²) in [6.45, 7) is 7.79. The molecule has 1 aromatic heterocycles. The van der Waals surface area contributed by atoms with Crippen molar-refractivity contribution >= 4 is 18.5 Å². The quantitative estimate of drug-likeness (QED) is 0.366. The largest absolute Gasteiger partial charge is 0.497 e. The molecule has 0 spiro atoms. The van der Waals surface area contributed by atoms with Crippen LogP contribution in [-0.2, 0) is 19.6 Å². The first-order chi connectivity index (χ1) is 17.3. The van der Waals surface area contributed by atoms with Crippen molar-refractivity contribution in [2.75, 3.05) is 27.2 Å². The molecule has 0 radical (unpaired) electrons. The second-order valence-electron chi connectivity index (χ2n) is 9.03. The van der Waals surface area contributed by atoms with E-state index < -0.39 is 0 Å². The number of hydrogen-bond donors (Lipinski definition) is 3. The topological polar surface area (TPSA) is 130 Å². The van der Waals surface area contributed by atoms with Gasteiger partial charge < -0.3 is 30.7 Å². The van der Waals surface area contributed by atoms with Crippen LogP contribution in [-0.4, -0.2) is 49.0 Å². The van der Waals surface area contributed by atoms with Crippen LogP contribution < -0.4 is 15.4 Å². The van der Waals surface area contributed by atoms with E-state index in [0.717, 1.165) is 47.0 Å². The lowest BCUT2D eigenvalue weighted by Gasteiger charge is -2.15. The smallest absolute Gasteiger partial charge is 0.254 e. The van der Waals surface area contributed by atoms with Crippen molar-refractivity contribution in [1.29, 1.82) is 0 Å². The fourth-order valence-electron chi connectivity index (χ4n) is 4.14. The summed E-state index contributed by atoms with van der Waals surface area (Å²) in [6.07, 6.45) is 3.87. The van der Waals surface area contributed by atoms with E-state index in [1.54, 1.807) is 20.2 Å². The average molecular weight is 552 g/mol. The maximum Gasteiger partial charge on any atom is 0.254 e. The third-order valence-corrected chi connectivity index (χ3v) is 6.83. The lowest BCUT2D eigenvalue weighted by atomic mass is 10.1. The Kier molecular flexibility index (Phi) is 14.1. The van der Waals surface area contributed by atoms with E-state index in [1.807, 2.05) is 38.1 Å². The van der Waals surface area contributed by atoms with Crippen LogP contribution in [0.4, 0.5) is 4.39 Å². The van der Waals surface area contributed by atoms with Crippen LogP contribution in [0.3, 0.4) is 0 Å². The number of thiol groups is 1. The van der Waals surface area contributed by atoms with Crippen LogP contribution >= 0.6 is 12.6 Å². The number of amides is 1. The molecular formula is C28H42FN3O5S. The molecule has 8 nitrogen and oxygen atoms in total. The first kappa shape index (κ1) is 33.1. The number of halogens is 1. The summed E-state index contributed by atoms with van der Waals surface area (Å²) in [4.78, 5) is 15.6. The minimum atomic E-state index is -0.298. The Morgan fingerprint density at radius 2 is 1.76 bits per heavy atom. The van der Waals surface area contributed by atoms with Gasteiger partial charge in [0.15, 0.2) is 0 Å². The number of nitrogens with zero attached hydrogens (tertiary/aromatic N) is 1. The third-order valence-electron chi connectivity index (χ3n) is 6.12. The molecular weight excluding hydrogens is 509 g/mol. The van der Waals surface area contributed by atoms with Crippen LogP contribution in [0, 0.1) is 19.7 Å². The molecule has 1 fully saturated rings. The van der Waals surface area contributed by atoms with Gasteiger partial charge in [0.2, 0.25) is 0 Å². The van der Waals surface area contributed by atoms with Crippen LogP contribution in [0.25, 0.3) is 0 Å². The minimum Gasteiger partial charge on any atom is -0.497 e. The summed E-state index contributed by atoms with van der Waals surface area (Å²) >= 11 is 4.34. The van der Waals surface area contributed by atoms with Gasteiger partial charge in [-0.05, 0) is 93.8 Å². The summed E-state index contributed by atoms with van der Waals surface area (Å²) in [5, 5.41) is 5.72. The van der Waals surface area contributed by atoms with Crippen LogP contribution in [0.5, 0.6) is 5.75 Å². The van der Waals surface area contributed by atoms with Gasteiger partial charge in [0.1, 0.15) is 23.6 Å². The Balaban J connectivity index is 0.000000882. The van der Waals surface area contributed by atoms with Gasteiger partial charge in [-0.15, -0.1) is 12.6 Å². The Morgan fingerprint density at radius 1 is 1.11 bits per heavy atom.